The quantitative estimate of drug-likeness (QED) is 0.276. The highest BCUT2D eigenvalue weighted by atomic mass is 32.1. The number of halogens is 2. The van der Waals surface area contributed by atoms with Crippen LogP contribution in [0.1, 0.15) is 60.0 Å². The number of amides is 1. The third-order valence-corrected chi connectivity index (χ3v) is 8.92. The van der Waals surface area contributed by atoms with Crippen molar-refractivity contribution >= 4 is 27.3 Å². The molecule has 9 heteroatoms. The topological polar surface area (TPSA) is 71.8 Å². The highest BCUT2D eigenvalue weighted by Gasteiger charge is 2.33. The number of aryl methyl sites for hydroxylation is 3. The number of nitrogens with zero attached hydrogens (tertiary/aromatic N) is 2. The van der Waals surface area contributed by atoms with E-state index in [1.807, 2.05) is 6.07 Å². The SMILES string of the molecule is Cc1cc(F)cc(C)c1Oc1ccc(C(C)(C)O)cc1-c1cn(C)c(=O)c2cc(C(=O)N3CCC(C)(F)CC3)sc12. The number of benzene rings is 2. The number of piperidine rings is 1. The lowest BCUT2D eigenvalue weighted by molar-refractivity contribution is 0.0508. The van der Waals surface area contributed by atoms with Crippen LogP contribution >= 0.6 is 11.3 Å². The lowest BCUT2D eigenvalue weighted by Gasteiger charge is -2.33. The molecule has 0 radical (unpaired) electrons. The van der Waals surface area contributed by atoms with Crippen molar-refractivity contribution in [2.45, 2.75) is 58.7 Å². The van der Waals surface area contributed by atoms with Crippen LogP contribution in [-0.2, 0) is 12.6 Å². The summed E-state index contributed by atoms with van der Waals surface area (Å²) in [6.07, 6.45) is 2.23. The molecule has 0 aliphatic carbocycles. The van der Waals surface area contributed by atoms with Gasteiger partial charge in [-0.3, -0.25) is 9.59 Å². The molecule has 1 saturated heterocycles. The summed E-state index contributed by atoms with van der Waals surface area (Å²) in [6.45, 7) is 9.08. The third-order valence-electron chi connectivity index (χ3n) is 7.77. The number of likely N-dealkylation sites (tertiary alicyclic amines) is 1. The van der Waals surface area contributed by atoms with Gasteiger partial charge in [0.15, 0.2) is 0 Å². The van der Waals surface area contributed by atoms with E-state index in [0.717, 1.165) is 0 Å². The summed E-state index contributed by atoms with van der Waals surface area (Å²) >= 11 is 1.21. The lowest BCUT2D eigenvalue weighted by atomic mass is 9.93. The Morgan fingerprint density at radius 1 is 1.07 bits per heavy atom. The first-order chi connectivity index (χ1) is 19.1. The lowest BCUT2D eigenvalue weighted by Crippen LogP contribution is -2.43. The summed E-state index contributed by atoms with van der Waals surface area (Å²) in [7, 11) is 1.64. The molecule has 1 fully saturated rings. The Morgan fingerprint density at radius 3 is 2.32 bits per heavy atom. The predicted octanol–water partition coefficient (Wildman–Crippen LogP) is 7.01. The minimum atomic E-state index is -1.29. The zero-order chi connectivity index (χ0) is 29.9. The number of thiophene rings is 1. The maximum atomic E-state index is 14.4. The van der Waals surface area contributed by atoms with Crippen molar-refractivity contribution in [3.05, 3.63) is 80.3 Å². The van der Waals surface area contributed by atoms with E-state index >= 15 is 0 Å². The summed E-state index contributed by atoms with van der Waals surface area (Å²) < 4.78 is 36.8. The number of carbonyl (C=O) groups is 1. The molecule has 0 bridgehead atoms. The molecule has 0 unspecified atom stereocenters. The van der Waals surface area contributed by atoms with Crippen LogP contribution in [0.25, 0.3) is 21.2 Å². The molecular weight excluding hydrogens is 546 g/mol. The number of aliphatic hydroxyl groups is 1. The third kappa shape index (κ3) is 5.65. The van der Waals surface area contributed by atoms with Gasteiger partial charge in [-0.2, -0.15) is 0 Å². The van der Waals surface area contributed by atoms with Crippen molar-refractivity contribution in [2.75, 3.05) is 13.1 Å². The Hall–Kier alpha value is -3.56. The standard InChI is InChI=1S/C32H34F2N2O4S/c1-18-13-21(33)14-19(2)27(18)40-25-8-7-20(31(3,4)39)15-22(25)24-17-35(6)29(37)23-16-26(41-28(23)24)30(38)36-11-9-32(5,34)10-12-36/h7-8,13-17,39H,9-12H2,1-6H3. The fraction of sp³-hybridized carbons (Fsp3) is 0.375. The highest BCUT2D eigenvalue weighted by Crippen LogP contribution is 2.42. The van der Waals surface area contributed by atoms with Crippen LogP contribution in [0.3, 0.4) is 0 Å². The average Bonchev–Trinajstić information content (AvgIpc) is 3.33. The van der Waals surface area contributed by atoms with Crippen LogP contribution in [0.4, 0.5) is 8.78 Å². The van der Waals surface area contributed by atoms with Crippen LogP contribution in [-0.4, -0.2) is 39.2 Å². The first-order valence-corrected chi connectivity index (χ1v) is 14.4. The van der Waals surface area contributed by atoms with Crippen LogP contribution < -0.4 is 10.3 Å². The van der Waals surface area contributed by atoms with Gasteiger partial charge in [0.1, 0.15) is 23.0 Å². The molecule has 41 heavy (non-hydrogen) atoms. The molecule has 1 aliphatic heterocycles. The van der Waals surface area contributed by atoms with Gasteiger partial charge in [-0.05, 0) is 94.5 Å². The van der Waals surface area contributed by atoms with Gasteiger partial charge in [0.05, 0.1) is 20.6 Å². The van der Waals surface area contributed by atoms with Crippen molar-refractivity contribution in [1.29, 1.82) is 0 Å². The van der Waals surface area contributed by atoms with Crippen LogP contribution in [0, 0.1) is 19.7 Å². The molecule has 1 N–H and O–H groups in total. The molecule has 0 atom stereocenters. The minimum Gasteiger partial charge on any atom is -0.456 e. The molecule has 2 aromatic carbocycles. The largest absolute Gasteiger partial charge is 0.456 e. The smallest absolute Gasteiger partial charge is 0.263 e. The number of fused-ring (bicyclic) bond motifs is 1. The number of ether oxygens (including phenoxy) is 1. The normalized spacial score (nSPS) is 15.4. The molecular formula is C32H34F2N2O4S. The molecule has 6 nitrogen and oxygen atoms in total. The second kappa shape index (κ2) is 10.4. The molecule has 3 heterocycles. The summed E-state index contributed by atoms with van der Waals surface area (Å²) in [4.78, 5) is 28.7. The molecule has 1 amide bonds. The van der Waals surface area contributed by atoms with E-state index in [1.54, 1.807) is 71.0 Å². The van der Waals surface area contributed by atoms with Crippen LogP contribution in [0.15, 0.2) is 47.4 Å². The molecule has 1 aliphatic rings. The van der Waals surface area contributed by atoms with Gasteiger partial charge in [0.2, 0.25) is 0 Å². The number of alkyl halides is 1. The number of rotatable bonds is 5. The summed E-state index contributed by atoms with van der Waals surface area (Å²) in [6, 6.07) is 9.76. The predicted molar refractivity (Wildman–Crippen MR) is 158 cm³/mol. The number of hydrogen-bond acceptors (Lipinski definition) is 5. The van der Waals surface area contributed by atoms with Gasteiger partial charge in [0.25, 0.3) is 11.5 Å². The van der Waals surface area contributed by atoms with Crippen molar-refractivity contribution in [3.63, 3.8) is 0 Å². The van der Waals surface area contributed by atoms with E-state index in [2.05, 4.69) is 0 Å². The summed E-state index contributed by atoms with van der Waals surface area (Å²) in [5.41, 5.74) is 0.444. The Bertz CT molecular complexity index is 1700. The fourth-order valence-corrected chi connectivity index (χ4v) is 6.40. The van der Waals surface area contributed by atoms with Gasteiger partial charge >= 0.3 is 0 Å². The minimum absolute atomic E-state index is 0.228. The number of hydrogen-bond donors (Lipinski definition) is 1. The van der Waals surface area contributed by atoms with Crippen molar-refractivity contribution < 1.29 is 23.4 Å². The molecule has 2 aromatic heterocycles. The second-order valence-corrected chi connectivity index (χ2v) is 12.8. The van der Waals surface area contributed by atoms with Gasteiger partial charge in [-0.1, -0.05) is 6.07 Å². The number of aromatic nitrogens is 1. The van der Waals surface area contributed by atoms with Crippen LogP contribution in [0.5, 0.6) is 11.5 Å². The van der Waals surface area contributed by atoms with E-state index in [-0.39, 0.29) is 30.1 Å². The fourth-order valence-electron chi connectivity index (χ4n) is 5.26. The molecule has 0 spiro atoms. The van der Waals surface area contributed by atoms with E-state index in [1.165, 1.54) is 28.0 Å². The molecule has 0 saturated carbocycles. The van der Waals surface area contributed by atoms with Gasteiger partial charge in [-0.25, -0.2) is 8.78 Å². The Balaban J connectivity index is 1.67. The molecule has 5 rings (SSSR count). The monoisotopic (exact) mass is 580 g/mol. The van der Waals surface area contributed by atoms with Gasteiger partial charge in [0, 0.05) is 37.5 Å². The zero-order valence-corrected chi connectivity index (χ0v) is 24.9. The highest BCUT2D eigenvalue weighted by molar-refractivity contribution is 7.21. The molecule has 4 aromatic rings. The Kier molecular flexibility index (Phi) is 7.32. The van der Waals surface area contributed by atoms with E-state index in [4.69, 9.17) is 4.74 Å². The average molecular weight is 581 g/mol. The maximum Gasteiger partial charge on any atom is 0.263 e. The number of carbonyl (C=O) groups excluding carboxylic acids is 1. The van der Waals surface area contributed by atoms with Crippen molar-refractivity contribution in [2.24, 2.45) is 7.05 Å². The van der Waals surface area contributed by atoms with Crippen molar-refractivity contribution in [3.8, 4) is 22.6 Å². The van der Waals surface area contributed by atoms with Crippen molar-refractivity contribution in [1.82, 2.24) is 9.47 Å². The summed E-state index contributed by atoms with van der Waals surface area (Å²) in [5.74, 6) is 0.381. The van der Waals surface area contributed by atoms with E-state index in [0.29, 0.717) is 67.4 Å². The Labute approximate surface area is 241 Å². The first kappa shape index (κ1) is 29.0. The molecule has 216 valence electrons. The zero-order valence-electron chi connectivity index (χ0n) is 24.1. The maximum absolute atomic E-state index is 14.4. The number of pyridine rings is 1. The van der Waals surface area contributed by atoms with Gasteiger partial charge < -0.3 is 19.3 Å². The Morgan fingerprint density at radius 2 is 1.71 bits per heavy atom. The van der Waals surface area contributed by atoms with Gasteiger partial charge in [-0.15, -0.1) is 11.3 Å². The first-order valence-electron chi connectivity index (χ1n) is 13.6. The second-order valence-electron chi connectivity index (χ2n) is 11.8. The van der Waals surface area contributed by atoms with Crippen LogP contribution in [0.2, 0.25) is 0 Å². The summed E-state index contributed by atoms with van der Waals surface area (Å²) in [5, 5.41) is 11.2. The van der Waals surface area contributed by atoms with E-state index < -0.39 is 11.3 Å². The van der Waals surface area contributed by atoms with E-state index in [9.17, 15) is 23.5 Å².